The van der Waals surface area contributed by atoms with Gasteiger partial charge in [-0.25, -0.2) is 8.42 Å². The fraction of sp³-hybridized carbons (Fsp3) is 0.500. The lowest BCUT2D eigenvalue weighted by Crippen LogP contribution is -2.51. The third kappa shape index (κ3) is 6.92. The summed E-state index contributed by atoms with van der Waals surface area (Å²) in [5.74, 6) is -0.771. The van der Waals surface area contributed by atoms with Gasteiger partial charge in [0.1, 0.15) is 0 Å². The van der Waals surface area contributed by atoms with Gasteiger partial charge in [0.2, 0.25) is 5.91 Å². The van der Waals surface area contributed by atoms with Crippen LogP contribution in [0.25, 0.3) is 6.08 Å². The molecular formula is C30H37F3N2O3S. The minimum absolute atomic E-state index is 0.0291. The molecule has 4 atom stereocenters. The van der Waals surface area contributed by atoms with Gasteiger partial charge in [0.15, 0.2) is 9.84 Å². The highest BCUT2D eigenvalue weighted by atomic mass is 32.2. The molecule has 0 aromatic heterocycles. The zero-order valence-corrected chi connectivity index (χ0v) is 23.5. The molecule has 1 heterocycles. The molecule has 1 amide bonds. The van der Waals surface area contributed by atoms with E-state index in [1.54, 1.807) is 48.6 Å². The van der Waals surface area contributed by atoms with Crippen LogP contribution in [0, 0.1) is 11.8 Å². The molecule has 4 rings (SSSR count). The van der Waals surface area contributed by atoms with Crippen LogP contribution in [0.15, 0.2) is 65.6 Å². The van der Waals surface area contributed by atoms with Gasteiger partial charge in [0, 0.05) is 24.7 Å². The predicted molar refractivity (Wildman–Crippen MR) is 147 cm³/mol. The Bertz CT molecular complexity index is 1280. The van der Waals surface area contributed by atoms with E-state index in [1.807, 2.05) is 4.90 Å². The molecule has 2 aromatic rings. The summed E-state index contributed by atoms with van der Waals surface area (Å²) in [5, 5.41) is 0. The summed E-state index contributed by atoms with van der Waals surface area (Å²) in [6, 6.07) is 13.8. The zero-order valence-electron chi connectivity index (χ0n) is 22.6. The number of carbonyl (C=O) groups excluding carboxylic acids is 1. The van der Waals surface area contributed by atoms with E-state index in [9.17, 15) is 26.4 Å². The molecule has 2 fully saturated rings. The maximum atomic E-state index is 13.5. The van der Waals surface area contributed by atoms with Gasteiger partial charge in [-0.3, -0.25) is 4.79 Å². The van der Waals surface area contributed by atoms with E-state index in [-0.39, 0.29) is 34.6 Å². The second-order valence-corrected chi connectivity index (χ2v) is 13.1. The number of nitrogens with zero attached hydrogens (tertiary/aromatic N) is 2. The topological polar surface area (TPSA) is 57.7 Å². The predicted octanol–water partition coefficient (Wildman–Crippen LogP) is 5.92. The van der Waals surface area contributed by atoms with Crippen LogP contribution in [-0.4, -0.2) is 61.6 Å². The standard InChI is InChI=1S/C30H37F3N2O3S/c1-21(2)34(3)26-14-15-28(24(19-26)20-39(37,38)27-10-5-4-6-11-27)35-17-16-23(29(35)36)13-12-22-8-7-9-25(18-22)30(31,32)33/h4-13,18,21,23-24,26,28H,14-17,19-20H2,1-3H3/b13-12+/t23-,24?,26?,28?/m0/s1. The molecule has 1 aliphatic carbocycles. The van der Waals surface area contributed by atoms with Crippen molar-refractivity contribution in [2.45, 2.75) is 68.7 Å². The number of amides is 1. The lowest BCUT2D eigenvalue weighted by atomic mass is 9.81. The normalized spacial score (nSPS) is 24.8. The maximum absolute atomic E-state index is 13.5. The molecule has 5 nitrogen and oxygen atoms in total. The summed E-state index contributed by atoms with van der Waals surface area (Å²) in [7, 11) is -1.48. The number of alkyl halides is 3. The smallest absolute Gasteiger partial charge is 0.339 e. The van der Waals surface area contributed by atoms with E-state index in [0.29, 0.717) is 37.4 Å². The highest BCUT2D eigenvalue weighted by Crippen LogP contribution is 2.37. The summed E-state index contributed by atoms with van der Waals surface area (Å²) in [5.41, 5.74) is -0.338. The van der Waals surface area contributed by atoms with Gasteiger partial charge in [0.25, 0.3) is 0 Å². The lowest BCUT2D eigenvalue weighted by Gasteiger charge is -2.44. The van der Waals surface area contributed by atoms with Crippen LogP contribution in [0.4, 0.5) is 13.2 Å². The van der Waals surface area contributed by atoms with Crippen LogP contribution >= 0.6 is 0 Å². The Labute approximate surface area is 229 Å². The average molecular weight is 563 g/mol. The van der Waals surface area contributed by atoms with Gasteiger partial charge in [-0.15, -0.1) is 0 Å². The quantitative estimate of drug-likeness (QED) is 0.401. The van der Waals surface area contributed by atoms with Gasteiger partial charge in [-0.2, -0.15) is 13.2 Å². The average Bonchev–Trinajstić information content (AvgIpc) is 3.26. The summed E-state index contributed by atoms with van der Waals surface area (Å²) >= 11 is 0. The molecule has 0 N–H and O–H groups in total. The first-order valence-electron chi connectivity index (χ1n) is 13.5. The van der Waals surface area contributed by atoms with Crippen molar-refractivity contribution in [2.24, 2.45) is 11.8 Å². The fourth-order valence-electron chi connectivity index (χ4n) is 5.89. The lowest BCUT2D eigenvalue weighted by molar-refractivity contribution is -0.137. The van der Waals surface area contributed by atoms with Gasteiger partial charge < -0.3 is 9.80 Å². The molecule has 9 heteroatoms. The Morgan fingerprint density at radius 1 is 1.05 bits per heavy atom. The van der Waals surface area contributed by atoms with Crippen LogP contribution in [0.3, 0.4) is 0 Å². The number of halogens is 3. The minimum Gasteiger partial charge on any atom is -0.339 e. The van der Waals surface area contributed by atoms with Crippen molar-refractivity contribution in [2.75, 3.05) is 19.3 Å². The first-order valence-corrected chi connectivity index (χ1v) is 15.2. The molecule has 2 aromatic carbocycles. The van der Waals surface area contributed by atoms with Gasteiger partial charge in [-0.05, 0) is 82.3 Å². The molecule has 1 aliphatic heterocycles. The molecule has 0 spiro atoms. The minimum atomic E-state index is -4.43. The Kier molecular flexibility index (Phi) is 8.91. The van der Waals surface area contributed by atoms with Gasteiger partial charge in [0.05, 0.1) is 22.1 Å². The number of benzene rings is 2. The number of carbonyl (C=O) groups is 1. The van der Waals surface area contributed by atoms with Gasteiger partial charge >= 0.3 is 6.18 Å². The van der Waals surface area contributed by atoms with E-state index in [0.717, 1.165) is 18.6 Å². The molecule has 2 aliphatic rings. The van der Waals surface area contributed by atoms with Crippen LogP contribution in [0.5, 0.6) is 0 Å². The molecule has 0 radical (unpaired) electrons. The van der Waals surface area contributed by atoms with Crippen molar-refractivity contribution in [3.63, 3.8) is 0 Å². The van der Waals surface area contributed by atoms with Crippen molar-refractivity contribution >= 4 is 21.8 Å². The second kappa shape index (κ2) is 11.8. The van der Waals surface area contributed by atoms with Crippen LogP contribution in [0.2, 0.25) is 0 Å². The second-order valence-electron chi connectivity index (χ2n) is 11.1. The summed E-state index contributed by atoms with van der Waals surface area (Å²) in [6.45, 7) is 4.74. The van der Waals surface area contributed by atoms with Crippen molar-refractivity contribution in [3.05, 3.63) is 71.8 Å². The number of likely N-dealkylation sites (tertiary alicyclic amines) is 1. The molecule has 1 saturated carbocycles. The number of sulfone groups is 1. The summed E-state index contributed by atoms with van der Waals surface area (Å²) < 4.78 is 66.0. The Morgan fingerprint density at radius 3 is 2.44 bits per heavy atom. The zero-order chi connectivity index (χ0) is 28.4. The van der Waals surface area contributed by atoms with E-state index in [1.165, 1.54) is 6.07 Å². The Morgan fingerprint density at radius 2 is 1.77 bits per heavy atom. The molecule has 212 valence electrons. The fourth-order valence-corrected chi connectivity index (χ4v) is 7.57. The maximum Gasteiger partial charge on any atom is 0.416 e. The number of rotatable bonds is 8. The van der Waals surface area contributed by atoms with E-state index < -0.39 is 27.5 Å². The molecule has 3 unspecified atom stereocenters. The highest BCUT2D eigenvalue weighted by Gasteiger charge is 2.43. The largest absolute Gasteiger partial charge is 0.416 e. The first-order chi connectivity index (χ1) is 18.4. The van der Waals surface area contributed by atoms with Crippen LogP contribution < -0.4 is 0 Å². The van der Waals surface area contributed by atoms with Crippen LogP contribution in [-0.2, 0) is 20.8 Å². The SMILES string of the molecule is CC(C)N(C)C1CCC(N2CC[C@H](/C=C/c3cccc(C(F)(F)F)c3)C2=O)C(CS(=O)(=O)c2ccccc2)C1. The first kappa shape index (κ1) is 29.3. The Balaban J connectivity index is 1.53. The third-order valence-corrected chi connectivity index (χ3v) is 10.1. The highest BCUT2D eigenvalue weighted by molar-refractivity contribution is 7.91. The van der Waals surface area contributed by atoms with E-state index in [4.69, 9.17) is 0 Å². The number of hydrogen-bond acceptors (Lipinski definition) is 4. The molecule has 39 heavy (non-hydrogen) atoms. The Hall–Kier alpha value is -2.65. The molecule has 1 saturated heterocycles. The molecule has 0 bridgehead atoms. The van der Waals surface area contributed by atoms with Crippen molar-refractivity contribution in [1.29, 1.82) is 0 Å². The number of hydrogen-bond donors (Lipinski definition) is 0. The van der Waals surface area contributed by atoms with Gasteiger partial charge in [-0.1, -0.05) is 42.5 Å². The van der Waals surface area contributed by atoms with E-state index in [2.05, 4.69) is 25.8 Å². The molecular weight excluding hydrogens is 525 g/mol. The van der Waals surface area contributed by atoms with E-state index >= 15 is 0 Å². The van der Waals surface area contributed by atoms with Crippen LogP contribution in [0.1, 0.15) is 50.7 Å². The monoisotopic (exact) mass is 562 g/mol. The van der Waals surface area contributed by atoms with Crippen molar-refractivity contribution in [1.82, 2.24) is 9.80 Å². The third-order valence-electron chi connectivity index (χ3n) is 8.26. The van der Waals surface area contributed by atoms with Crippen molar-refractivity contribution in [3.8, 4) is 0 Å². The summed E-state index contributed by atoms with van der Waals surface area (Å²) in [4.78, 5) is 17.9. The summed E-state index contributed by atoms with van der Waals surface area (Å²) in [6.07, 6.45) is 1.65. The van der Waals surface area contributed by atoms with Crippen molar-refractivity contribution < 1.29 is 26.4 Å².